The molecule has 0 aromatic heterocycles. The molecule has 0 heteroatoms. The van der Waals surface area contributed by atoms with Crippen molar-refractivity contribution >= 4 is 44.5 Å². The van der Waals surface area contributed by atoms with Crippen LogP contribution in [0, 0.1) is 27.7 Å². The van der Waals surface area contributed by atoms with E-state index < -0.39 is 0 Å². The molecule has 0 saturated heterocycles. The molecular weight excluding hydrogens is 601 g/mol. The van der Waals surface area contributed by atoms with E-state index in [1.165, 1.54) is 99.1 Å². The van der Waals surface area contributed by atoms with Crippen molar-refractivity contribution in [3.63, 3.8) is 0 Å². The smallest absolute Gasteiger partial charge is 0.00210 e. The molecule has 0 heterocycles. The fourth-order valence-corrected chi connectivity index (χ4v) is 8.31. The van der Waals surface area contributed by atoms with Crippen LogP contribution in [-0.2, 0) is 0 Å². The number of hydrogen-bond donors (Lipinski definition) is 0. The molecule has 0 saturated carbocycles. The molecule has 0 spiro atoms. The molecule has 0 nitrogen and oxygen atoms in total. The van der Waals surface area contributed by atoms with Crippen molar-refractivity contribution in [1.82, 2.24) is 0 Å². The Labute approximate surface area is 295 Å². The zero-order chi connectivity index (χ0) is 34.5. The molecule has 0 aliphatic heterocycles. The van der Waals surface area contributed by atoms with Crippen LogP contribution in [-0.4, -0.2) is 0 Å². The van der Waals surface area contributed by atoms with E-state index in [1.807, 2.05) is 12.2 Å². The molecule has 0 aliphatic rings. The van der Waals surface area contributed by atoms with Gasteiger partial charge in [0.2, 0.25) is 0 Å². The van der Waals surface area contributed by atoms with Gasteiger partial charge < -0.3 is 0 Å². The highest BCUT2D eigenvalue weighted by Crippen LogP contribution is 2.48. The van der Waals surface area contributed by atoms with Gasteiger partial charge in [0, 0.05) is 0 Å². The van der Waals surface area contributed by atoms with Crippen molar-refractivity contribution in [2.24, 2.45) is 0 Å². The molecule has 0 bridgehead atoms. The Balaban J connectivity index is 1.35. The second kappa shape index (κ2) is 12.5. The largest absolute Gasteiger partial charge is 0.0984 e. The van der Waals surface area contributed by atoms with Crippen LogP contribution in [0.15, 0.2) is 147 Å². The number of benzene rings is 8. The molecular formula is C50H40. The summed E-state index contributed by atoms with van der Waals surface area (Å²) in [4.78, 5) is 0. The van der Waals surface area contributed by atoms with E-state index in [2.05, 4.69) is 174 Å². The summed E-state index contributed by atoms with van der Waals surface area (Å²) in [6.45, 7) is 17.2. The maximum absolute atomic E-state index is 4.13. The van der Waals surface area contributed by atoms with E-state index in [0.29, 0.717) is 0 Å². The van der Waals surface area contributed by atoms with E-state index in [-0.39, 0.29) is 0 Å². The number of hydrogen-bond acceptors (Lipinski definition) is 0. The minimum Gasteiger partial charge on any atom is -0.0984 e. The third-order valence-corrected chi connectivity index (χ3v) is 10.5. The van der Waals surface area contributed by atoms with Gasteiger partial charge in [0.25, 0.3) is 0 Å². The molecule has 0 amide bonds. The van der Waals surface area contributed by atoms with Crippen LogP contribution in [0.25, 0.3) is 89.0 Å². The van der Waals surface area contributed by atoms with Gasteiger partial charge >= 0.3 is 0 Å². The first kappa shape index (κ1) is 31.3. The average molecular weight is 641 g/mol. The van der Waals surface area contributed by atoms with E-state index >= 15 is 0 Å². The van der Waals surface area contributed by atoms with Crippen LogP contribution in [0.4, 0.5) is 0 Å². The molecule has 50 heavy (non-hydrogen) atoms. The summed E-state index contributed by atoms with van der Waals surface area (Å²) < 4.78 is 0. The minimum atomic E-state index is 1.10. The molecule has 0 atom stereocenters. The van der Waals surface area contributed by atoms with Crippen molar-refractivity contribution in [2.45, 2.75) is 27.7 Å². The minimum absolute atomic E-state index is 1.10. The van der Waals surface area contributed by atoms with Crippen molar-refractivity contribution < 1.29 is 0 Å². The van der Waals surface area contributed by atoms with Gasteiger partial charge in [0.15, 0.2) is 0 Å². The highest BCUT2D eigenvalue weighted by Gasteiger charge is 2.22. The Bertz CT molecular complexity index is 2560. The Morgan fingerprint density at radius 3 is 1.36 bits per heavy atom. The van der Waals surface area contributed by atoms with Gasteiger partial charge in [-0.2, -0.15) is 0 Å². The van der Waals surface area contributed by atoms with Gasteiger partial charge in [0.05, 0.1) is 0 Å². The highest BCUT2D eigenvalue weighted by atomic mass is 14.2. The number of aryl methyl sites for hydroxylation is 4. The Morgan fingerprint density at radius 1 is 0.380 bits per heavy atom. The second-order valence-corrected chi connectivity index (χ2v) is 13.6. The lowest BCUT2D eigenvalue weighted by atomic mass is 9.80. The molecule has 8 aromatic carbocycles. The number of rotatable bonds is 6. The Morgan fingerprint density at radius 2 is 0.860 bits per heavy atom. The summed E-state index contributed by atoms with van der Waals surface area (Å²) in [5.74, 6) is 0. The van der Waals surface area contributed by atoms with E-state index in [0.717, 1.165) is 11.1 Å². The normalized spacial score (nSPS) is 11.4. The first-order valence-corrected chi connectivity index (χ1v) is 17.4. The van der Waals surface area contributed by atoms with Gasteiger partial charge in [-0.25, -0.2) is 0 Å². The van der Waals surface area contributed by atoms with Crippen molar-refractivity contribution in [2.75, 3.05) is 0 Å². The molecule has 0 fully saturated rings. The zero-order valence-electron chi connectivity index (χ0n) is 29.3. The standard InChI is InChI=1S/C50H40/c1-7-35-18-15-23-42(41(35)8-2)40-28-33(5)48(34(6)29-40)50-45-21-13-11-19-43(45)49(44-20-12-14-22-46(44)50)47-31(3)26-39(27-32(47)4)38-25-24-36-16-9-10-17-37(36)30-38/h7-30H,1-2H2,3-6H3. The highest BCUT2D eigenvalue weighted by molar-refractivity contribution is 6.22. The fraction of sp³-hybridized carbons (Fsp3) is 0.0800. The second-order valence-electron chi connectivity index (χ2n) is 13.6. The third kappa shape index (κ3) is 5.08. The van der Waals surface area contributed by atoms with Crippen LogP contribution >= 0.6 is 0 Å². The molecule has 0 aliphatic carbocycles. The van der Waals surface area contributed by atoms with Crippen LogP contribution in [0.5, 0.6) is 0 Å². The fourth-order valence-electron chi connectivity index (χ4n) is 8.31. The van der Waals surface area contributed by atoms with Crippen LogP contribution in [0.1, 0.15) is 33.4 Å². The van der Waals surface area contributed by atoms with Gasteiger partial charge in [-0.1, -0.05) is 153 Å². The van der Waals surface area contributed by atoms with E-state index in [1.54, 1.807) is 0 Å². The predicted molar refractivity (Wildman–Crippen MR) is 220 cm³/mol. The Hall–Kier alpha value is -5.98. The first-order valence-electron chi connectivity index (χ1n) is 17.4. The summed E-state index contributed by atoms with van der Waals surface area (Å²) in [7, 11) is 0. The summed E-state index contributed by atoms with van der Waals surface area (Å²) in [5.41, 5.74) is 17.4. The third-order valence-electron chi connectivity index (χ3n) is 10.5. The van der Waals surface area contributed by atoms with E-state index in [4.69, 9.17) is 0 Å². The molecule has 0 radical (unpaired) electrons. The van der Waals surface area contributed by atoms with Crippen LogP contribution in [0.3, 0.4) is 0 Å². The SMILES string of the molecule is C=Cc1cccc(-c2cc(C)c(-c3c4ccccc4c(-c4c(C)cc(-c5ccc6ccccc6c5)cc4C)c4ccccc34)c(C)c2)c1C=C. The quantitative estimate of drug-likeness (QED) is 0.159. The average Bonchev–Trinajstić information content (AvgIpc) is 3.14. The topological polar surface area (TPSA) is 0 Å². The first-order chi connectivity index (χ1) is 24.4. The van der Waals surface area contributed by atoms with Crippen molar-refractivity contribution in [1.29, 1.82) is 0 Å². The van der Waals surface area contributed by atoms with Gasteiger partial charge in [-0.3, -0.25) is 0 Å². The zero-order valence-corrected chi connectivity index (χ0v) is 29.3. The van der Waals surface area contributed by atoms with Gasteiger partial charge in [-0.15, -0.1) is 0 Å². The maximum Gasteiger partial charge on any atom is -0.00210 e. The molecule has 8 aromatic rings. The number of fused-ring (bicyclic) bond motifs is 3. The van der Waals surface area contributed by atoms with Crippen molar-refractivity contribution in [3.05, 3.63) is 180 Å². The lowest BCUT2D eigenvalue weighted by Crippen LogP contribution is -1.98. The molecule has 0 N–H and O–H groups in total. The van der Waals surface area contributed by atoms with Gasteiger partial charge in [0.1, 0.15) is 0 Å². The predicted octanol–water partition coefficient (Wildman–Crippen LogP) is 14.3. The monoisotopic (exact) mass is 640 g/mol. The maximum atomic E-state index is 4.13. The molecule has 0 unspecified atom stereocenters. The van der Waals surface area contributed by atoms with Gasteiger partial charge in [-0.05, 0) is 144 Å². The summed E-state index contributed by atoms with van der Waals surface area (Å²) in [6.07, 6.45) is 3.86. The van der Waals surface area contributed by atoms with Crippen molar-refractivity contribution in [3.8, 4) is 44.5 Å². The summed E-state index contributed by atoms with van der Waals surface area (Å²) in [5, 5.41) is 7.64. The lowest BCUT2D eigenvalue weighted by molar-refractivity contribution is 1.38. The lowest BCUT2D eigenvalue weighted by Gasteiger charge is -2.23. The summed E-state index contributed by atoms with van der Waals surface area (Å²) >= 11 is 0. The summed E-state index contributed by atoms with van der Waals surface area (Å²) in [6, 6.07) is 49.2. The Kier molecular flexibility index (Phi) is 7.81. The van der Waals surface area contributed by atoms with E-state index in [9.17, 15) is 0 Å². The molecule has 240 valence electrons. The molecule has 8 rings (SSSR count). The van der Waals surface area contributed by atoms with Crippen LogP contribution < -0.4 is 0 Å². The van der Waals surface area contributed by atoms with Crippen LogP contribution in [0.2, 0.25) is 0 Å².